The van der Waals surface area contributed by atoms with Gasteiger partial charge in [-0.15, -0.1) is 11.3 Å². The third-order valence-corrected chi connectivity index (χ3v) is 9.18. The van der Waals surface area contributed by atoms with Gasteiger partial charge in [-0.2, -0.15) is 0 Å². The number of nitrogens with two attached hydrogens (primary N) is 1. The number of ketones is 4. The van der Waals surface area contributed by atoms with E-state index in [0.717, 1.165) is 0 Å². The lowest BCUT2D eigenvalue weighted by Gasteiger charge is -2.56. The summed E-state index contributed by atoms with van der Waals surface area (Å²) >= 11 is 1.34. The van der Waals surface area contributed by atoms with E-state index in [4.69, 9.17) is 5.73 Å². The normalized spacial score (nSPS) is 35.2. The van der Waals surface area contributed by atoms with E-state index in [-0.39, 0.29) is 11.3 Å². The van der Waals surface area contributed by atoms with Crippen molar-refractivity contribution in [1.82, 2.24) is 4.90 Å². The maximum Gasteiger partial charge on any atom is 0.235 e. The Bertz CT molecular complexity index is 1370. The van der Waals surface area contributed by atoms with Gasteiger partial charge in [-0.05, 0) is 43.1 Å². The van der Waals surface area contributed by atoms with Gasteiger partial charge in [0.05, 0.1) is 29.5 Å². The highest BCUT2D eigenvalue weighted by Gasteiger charge is 2.72. The van der Waals surface area contributed by atoms with E-state index in [9.17, 15) is 39.3 Å². The van der Waals surface area contributed by atoms with Crippen LogP contribution in [0.2, 0.25) is 0 Å². The first-order chi connectivity index (χ1) is 17.3. The number of hydrogen-bond acceptors (Lipinski definition) is 10. The standard InChI is InChI=1S/C26H26N2O8S/c1-9-10-6-7-11(12-5-4-8-37-12)19(29)14(10)20(30)15-13(9)21(31)17-18(28(2)3)22(32)16(25(27)35)24(34)26(17,36)23(15)33/h4-9,13,15-18,21,29,31,36H,1-3H3,(H2,27,35)/t9-,13+,15?,16?,17+,18-,21-,26-/m0/s1. The summed E-state index contributed by atoms with van der Waals surface area (Å²) in [5.41, 5.74) is 2.99. The summed E-state index contributed by atoms with van der Waals surface area (Å²) in [7, 11) is 2.91. The number of likely N-dealkylation sites (N-methyl/N-ethyl adjacent to an activating group) is 1. The minimum Gasteiger partial charge on any atom is -0.506 e. The minimum atomic E-state index is -3.00. The summed E-state index contributed by atoms with van der Waals surface area (Å²) in [5.74, 6) is -13.2. The van der Waals surface area contributed by atoms with Gasteiger partial charge in [-0.3, -0.25) is 28.9 Å². The number of benzene rings is 1. The molecule has 5 rings (SSSR count). The monoisotopic (exact) mass is 526 g/mol. The molecular weight excluding hydrogens is 500 g/mol. The van der Waals surface area contributed by atoms with Gasteiger partial charge in [0.25, 0.3) is 0 Å². The number of phenolic OH excluding ortho intramolecular Hbond substituents is 1. The highest BCUT2D eigenvalue weighted by molar-refractivity contribution is 7.13. The van der Waals surface area contributed by atoms with Crippen molar-refractivity contribution in [1.29, 1.82) is 0 Å². The molecule has 194 valence electrons. The molecule has 2 fully saturated rings. The second kappa shape index (κ2) is 8.38. The van der Waals surface area contributed by atoms with E-state index in [1.807, 2.05) is 0 Å². The largest absolute Gasteiger partial charge is 0.506 e. The first kappa shape index (κ1) is 25.4. The van der Waals surface area contributed by atoms with Crippen LogP contribution in [0.1, 0.15) is 28.8 Å². The topological polar surface area (TPSA) is 175 Å². The third-order valence-electron chi connectivity index (χ3n) is 8.28. The van der Waals surface area contributed by atoms with Crippen LogP contribution >= 0.6 is 11.3 Å². The minimum absolute atomic E-state index is 0.114. The fourth-order valence-corrected chi connectivity index (χ4v) is 7.37. The fraction of sp³-hybridized carbons (Fsp3) is 0.423. The van der Waals surface area contributed by atoms with Crippen molar-refractivity contribution in [3.63, 3.8) is 0 Å². The molecule has 10 nitrogen and oxygen atoms in total. The number of aliphatic hydroxyl groups excluding tert-OH is 1. The summed E-state index contributed by atoms with van der Waals surface area (Å²) < 4.78 is 0. The summed E-state index contributed by atoms with van der Waals surface area (Å²) in [6, 6.07) is 5.47. The van der Waals surface area contributed by atoms with Gasteiger partial charge in [0, 0.05) is 16.4 Å². The van der Waals surface area contributed by atoms with Crippen LogP contribution in [-0.4, -0.2) is 81.1 Å². The molecule has 3 aliphatic carbocycles. The van der Waals surface area contributed by atoms with E-state index < -0.39 is 76.4 Å². The SMILES string of the molecule is C[C@H]1c2ccc(-c3cccs3)c(O)c2C(=O)C2C(=O)[C@]3(O)C(=O)C(C(N)=O)C(=O)[C@@H](N(C)C)[C@@H]3[C@@H](O)[C@@H]21. The Kier molecular flexibility index (Phi) is 5.76. The van der Waals surface area contributed by atoms with Crippen molar-refractivity contribution in [2.24, 2.45) is 29.4 Å². The number of aliphatic hydroxyl groups is 2. The lowest BCUT2D eigenvalue weighted by molar-refractivity contribution is -0.196. The van der Waals surface area contributed by atoms with Crippen LogP contribution in [0.15, 0.2) is 29.6 Å². The van der Waals surface area contributed by atoms with Crippen molar-refractivity contribution in [2.75, 3.05) is 14.1 Å². The van der Waals surface area contributed by atoms with Crippen LogP contribution in [0.25, 0.3) is 10.4 Å². The lowest BCUT2D eigenvalue weighted by Crippen LogP contribution is -2.77. The number of hydrogen-bond donors (Lipinski definition) is 4. The van der Waals surface area contributed by atoms with Gasteiger partial charge >= 0.3 is 0 Å². The Labute approximate surface area is 215 Å². The maximum atomic E-state index is 13.9. The molecule has 1 amide bonds. The molecule has 2 saturated carbocycles. The maximum absolute atomic E-state index is 13.9. The van der Waals surface area contributed by atoms with E-state index in [0.29, 0.717) is 16.0 Å². The van der Waals surface area contributed by atoms with Crippen molar-refractivity contribution < 1.29 is 39.3 Å². The molecular formula is C26H26N2O8S. The van der Waals surface area contributed by atoms with Crippen LogP contribution in [0, 0.1) is 23.7 Å². The zero-order valence-corrected chi connectivity index (χ0v) is 21.1. The Hall–Kier alpha value is -3.25. The quantitative estimate of drug-likeness (QED) is 0.405. The number of fused-ring (bicyclic) bond motifs is 3. The summed E-state index contributed by atoms with van der Waals surface area (Å²) in [5, 5.41) is 36.2. The number of phenols is 1. The Morgan fingerprint density at radius 2 is 1.78 bits per heavy atom. The van der Waals surface area contributed by atoms with Crippen LogP contribution in [0.4, 0.5) is 0 Å². The molecule has 11 heteroatoms. The van der Waals surface area contributed by atoms with Gasteiger partial charge in [0.15, 0.2) is 34.7 Å². The molecule has 1 aromatic heterocycles. The number of carbonyl (C=O) groups is 5. The smallest absolute Gasteiger partial charge is 0.235 e. The van der Waals surface area contributed by atoms with Gasteiger partial charge in [-0.25, -0.2) is 0 Å². The molecule has 5 N–H and O–H groups in total. The first-order valence-electron chi connectivity index (χ1n) is 11.8. The summed E-state index contributed by atoms with van der Waals surface area (Å²) in [6.07, 6.45) is -1.65. The Balaban J connectivity index is 1.71. The van der Waals surface area contributed by atoms with Crippen molar-refractivity contribution >= 4 is 40.4 Å². The van der Waals surface area contributed by atoms with Crippen molar-refractivity contribution in [2.45, 2.75) is 30.6 Å². The Morgan fingerprint density at radius 1 is 1.11 bits per heavy atom. The Morgan fingerprint density at radius 3 is 2.35 bits per heavy atom. The number of amides is 1. The van der Waals surface area contributed by atoms with Gasteiger partial charge in [0.1, 0.15) is 5.75 Å². The number of aromatic hydroxyl groups is 1. The molecule has 8 atom stereocenters. The number of nitrogens with zero attached hydrogens (tertiary/aromatic N) is 1. The molecule has 0 radical (unpaired) electrons. The second-order valence-electron chi connectivity index (χ2n) is 10.3. The molecule has 0 spiro atoms. The lowest BCUT2D eigenvalue weighted by atomic mass is 9.49. The number of thiophene rings is 1. The number of primary amides is 1. The summed E-state index contributed by atoms with van der Waals surface area (Å²) in [6.45, 7) is 1.68. The molecule has 2 unspecified atom stereocenters. The van der Waals surface area contributed by atoms with Gasteiger partial charge < -0.3 is 21.1 Å². The molecule has 0 aliphatic heterocycles. The average Bonchev–Trinajstić information content (AvgIpc) is 3.35. The van der Waals surface area contributed by atoms with E-state index in [1.54, 1.807) is 36.6 Å². The molecule has 1 aromatic carbocycles. The van der Waals surface area contributed by atoms with E-state index in [2.05, 4.69) is 0 Å². The predicted molar refractivity (Wildman–Crippen MR) is 131 cm³/mol. The van der Waals surface area contributed by atoms with E-state index in [1.165, 1.54) is 30.3 Å². The van der Waals surface area contributed by atoms with Gasteiger partial charge in [-0.1, -0.05) is 19.1 Å². The van der Waals surface area contributed by atoms with Crippen LogP contribution in [-0.2, 0) is 19.2 Å². The van der Waals surface area contributed by atoms with Crippen molar-refractivity contribution in [3.8, 4) is 16.2 Å². The second-order valence-corrected chi connectivity index (χ2v) is 11.2. The highest BCUT2D eigenvalue weighted by atomic mass is 32.1. The average molecular weight is 527 g/mol. The molecule has 0 bridgehead atoms. The predicted octanol–water partition coefficient (Wildman–Crippen LogP) is 0.127. The van der Waals surface area contributed by atoms with Gasteiger partial charge in [0.2, 0.25) is 5.91 Å². The summed E-state index contributed by atoms with van der Waals surface area (Å²) in [4.78, 5) is 68.4. The zero-order valence-electron chi connectivity index (χ0n) is 20.2. The number of Topliss-reactive ketones (excluding diaryl/α,β-unsaturated/α-hetero) is 4. The van der Waals surface area contributed by atoms with E-state index >= 15 is 0 Å². The van der Waals surface area contributed by atoms with Crippen molar-refractivity contribution in [3.05, 3.63) is 40.8 Å². The zero-order chi connectivity index (χ0) is 27.1. The van der Waals surface area contributed by atoms with Crippen LogP contribution in [0.5, 0.6) is 5.75 Å². The third kappa shape index (κ3) is 3.18. The van der Waals surface area contributed by atoms with Crippen LogP contribution in [0.3, 0.4) is 0 Å². The molecule has 0 saturated heterocycles. The molecule has 3 aliphatic rings. The first-order valence-corrected chi connectivity index (χ1v) is 12.7. The highest BCUT2D eigenvalue weighted by Crippen LogP contribution is 2.55. The molecule has 37 heavy (non-hydrogen) atoms. The fourth-order valence-electron chi connectivity index (χ4n) is 6.62. The molecule has 2 aromatic rings. The number of carbonyl (C=O) groups excluding carboxylic acids is 5. The van der Waals surface area contributed by atoms with Crippen LogP contribution < -0.4 is 5.73 Å². The number of rotatable bonds is 3. The molecule has 1 heterocycles.